The van der Waals surface area contributed by atoms with Gasteiger partial charge in [-0.05, 0) is 43.2 Å². The number of nitrogens with zero attached hydrogens (tertiary/aromatic N) is 5. The van der Waals surface area contributed by atoms with Crippen molar-refractivity contribution in [3.8, 4) is 0 Å². The Bertz CT molecular complexity index is 778. The van der Waals surface area contributed by atoms with Crippen LogP contribution in [0.25, 0.3) is 10.2 Å². The molecule has 0 radical (unpaired) electrons. The summed E-state index contributed by atoms with van der Waals surface area (Å²) >= 11 is 1.78. The van der Waals surface area contributed by atoms with Crippen LogP contribution in [0, 0.1) is 12.8 Å². The van der Waals surface area contributed by atoms with Crippen molar-refractivity contribution in [1.29, 1.82) is 0 Å². The Morgan fingerprint density at radius 3 is 2.63 bits per heavy atom. The van der Waals surface area contributed by atoms with Crippen molar-refractivity contribution in [3.05, 3.63) is 16.8 Å². The van der Waals surface area contributed by atoms with Gasteiger partial charge in [0.15, 0.2) is 0 Å². The van der Waals surface area contributed by atoms with Gasteiger partial charge in [-0.15, -0.1) is 11.3 Å². The zero-order chi connectivity index (χ0) is 19.0. The molecule has 0 amide bonds. The Morgan fingerprint density at radius 2 is 1.93 bits per heavy atom. The molecule has 2 aliphatic heterocycles. The summed E-state index contributed by atoms with van der Waals surface area (Å²) in [7, 11) is 0. The minimum Gasteiger partial charge on any atom is -0.354 e. The lowest BCUT2D eigenvalue weighted by molar-refractivity contribution is 0.107. The second-order valence-electron chi connectivity index (χ2n) is 8.49. The smallest absolute Gasteiger partial charge is 0.141 e. The van der Waals surface area contributed by atoms with Crippen molar-refractivity contribution in [3.63, 3.8) is 0 Å². The van der Waals surface area contributed by atoms with Crippen LogP contribution in [0.1, 0.15) is 38.6 Å². The fourth-order valence-electron chi connectivity index (χ4n) is 4.58. The maximum Gasteiger partial charge on any atom is 0.141 e. The van der Waals surface area contributed by atoms with Crippen LogP contribution in [0.5, 0.6) is 0 Å². The standard InChI is InChI=1S/C21H33N5S/c1-5-24-8-10-25(11-9-24)18-6-7-26(13-18)20-19-17(12-15(2)3)14-27-21(19)23-16(4)22-20/h14-15,18H,5-13H2,1-4H3. The highest BCUT2D eigenvalue weighted by Crippen LogP contribution is 2.35. The second kappa shape index (κ2) is 8.02. The van der Waals surface area contributed by atoms with Crippen LogP contribution >= 0.6 is 11.3 Å². The van der Waals surface area contributed by atoms with Crippen LogP contribution in [0.4, 0.5) is 5.82 Å². The van der Waals surface area contributed by atoms with Crippen LogP contribution in [-0.2, 0) is 6.42 Å². The highest BCUT2D eigenvalue weighted by molar-refractivity contribution is 7.17. The lowest BCUT2D eigenvalue weighted by Crippen LogP contribution is -2.50. The van der Waals surface area contributed by atoms with Gasteiger partial charge in [0.1, 0.15) is 16.5 Å². The zero-order valence-electron chi connectivity index (χ0n) is 17.2. The van der Waals surface area contributed by atoms with Crippen LogP contribution in [0.15, 0.2) is 5.38 Å². The number of piperazine rings is 1. The van der Waals surface area contributed by atoms with E-state index in [0.29, 0.717) is 12.0 Å². The van der Waals surface area contributed by atoms with Gasteiger partial charge in [-0.25, -0.2) is 9.97 Å². The molecule has 0 aliphatic carbocycles. The number of likely N-dealkylation sites (N-methyl/N-ethyl adjacent to an activating group) is 1. The van der Waals surface area contributed by atoms with Crippen molar-refractivity contribution < 1.29 is 0 Å². The number of aromatic nitrogens is 2. The van der Waals surface area contributed by atoms with Gasteiger partial charge in [-0.3, -0.25) is 4.90 Å². The average Bonchev–Trinajstić information content (AvgIpc) is 3.28. The molecule has 0 N–H and O–H groups in total. The lowest BCUT2D eigenvalue weighted by atomic mass is 10.0. The van der Waals surface area contributed by atoms with Crippen LogP contribution < -0.4 is 4.90 Å². The summed E-state index contributed by atoms with van der Waals surface area (Å²) in [5.41, 5.74) is 1.43. The highest BCUT2D eigenvalue weighted by atomic mass is 32.1. The van der Waals surface area contributed by atoms with E-state index >= 15 is 0 Å². The number of fused-ring (bicyclic) bond motifs is 1. The Morgan fingerprint density at radius 1 is 1.15 bits per heavy atom. The molecule has 0 spiro atoms. The molecule has 6 heteroatoms. The first-order chi connectivity index (χ1) is 13.0. The molecule has 0 aromatic carbocycles. The van der Waals surface area contributed by atoms with Gasteiger partial charge in [-0.2, -0.15) is 0 Å². The maximum atomic E-state index is 4.92. The van der Waals surface area contributed by atoms with Gasteiger partial charge < -0.3 is 9.80 Å². The molecule has 4 rings (SSSR count). The minimum atomic E-state index is 0.651. The van der Waals surface area contributed by atoms with E-state index in [1.807, 2.05) is 6.92 Å². The van der Waals surface area contributed by atoms with Crippen molar-refractivity contribution >= 4 is 27.4 Å². The van der Waals surface area contributed by atoms with Crippen molar-refractivity contribution in [2.75, 3.05) is 50.7 Å². The van der Waals surface area contributed by atoms with E-state index in [1.165, 1.54) is 55.9 Å². The largest absolute Gasteiger partial charge is 0.354 e. The molecule has 2 saturated heterocycles. The molecule has 1 unspecified atom stereocenters. The Balaban J connectivity index is 1.55. The number of thiophene rings is 1. The van der Waals surface area contributed by atoms with Crippen molar-refractivity contribution in [1.82, 2.24) is 19.8 Å². The van der Waals surface area contributed by atoms with Crippen molar-refractivity contribution in [2.45, 2.75) is 46.6 Å². The van der Waals surface area contributed by atoms with E-state index in [-0.39, 0.29) is 0 Å². The Labute approximate surface area is 167 Å². The van der Waals surface area contributed by atoms with E-state index in [9.17, 15) is 0 Å². The summed E-state index contributed by atoms with van der Waals surface area (Å²) in [5, 5.41) is 3.62. The molecule has 2 aromatic rings. The molecule has 0 bridgehead atoms. The summed E-state index contributed by atoms with van der Waals surface area (Å²) in [5.74, 6) is 2.73. The molecule has 2 aromatic heterocycles. The normalized spacial score (nSPS) is 22.4. The van der Waals surface area contributed by atoms with Gasteiger partial charge in [0, 0.05) is 45.3 Å². The summed E-state index contributed by atoms with van der Waals surface area (Å²) in [6.07, 6.45) is 2.36. The molecule has 2 aliphatic rings. The third-order valence-electron chi connectivity index (χ3n) is 6.06. The fourth-order valence-corrected chi connectivity index (χ4v) is 5.57. The van der Waals surface area contributed by atoms with Gasteiger partial charge in [0.25, 0.3) is 0 Å². The fraction of sp³-hybridized carbons (Fsp3) is 0.714. The van der Waals surface area contributed by atoms with Gasteiger partial charge in [-0.1, -0.05) is 20.8 Å². The monoisotopic (exact) mass is 387 g/mol. The average molecular weight is 388 g/mol. The van der Waals surface area contributed by atoms with Crippen LogP contribution in [0.3, 0.4) is 0 Å². The molecule has 4 heterocycles. The maximum absolute atomic E-state index is 4.92. The molecule has 2 fully saturated rings. The summed E-state index contributed by atoms with van der Waals surface area (Å²) in [6, 6.07) is 0.668. The van der Waals surface area contributed by atoms with E-state index in [2.05, 4.69) is 40.9 Å². The number of rotatable bonds is 5. The van der Waals surface area contributed by atoms with E-state index in [4.69, 9.17) is 9.97 Å². The summed E-state index contributed by atoms with van der Waals surface area (Å²) in [4.78, 5) is 18.6. The van der Waals surface area contributed by atoms with Crippen LogP contribution in [0.2, 0.25) is 0 Å². The molecular formula is C21H33N5S. The molecule has 27 heavy (non-hydrogen) atoms. The summed E-state index contributed by atoms with van der Waals surface area (Å²) in [6.45, 7) is 17.1. The van der Waals surface area contributed by atoms with E-state index in [0.717, 1.165) is 30.2 Å². The lowest BCUT2D eigenvalue weighted by Gasteiger charge is -2.37. The number of anilines is 1. The SMILES string of the molecule is CCN1CCN(C2CCN(c3nc(C)nc4scc(CC(C)C)c34)C2)CC1. The number of hydrogen-bond acceptors (Lipinski definition) is 6. The quantitative estimate of drug-likeness (QED) is 0.786. The number of aryl methyl sites for hydroxylation is 1. The van der Waals surface area contributed by atoms with Gasteiger partial charge in [0.2, 0.25) is 0 Å². The zero-order valence-corrected chi connectivity index (χ0v) is 18.1. The minimum absolute atomic E-state index is 0.651. The summed E-state index contributed by atoms with van der Waals surface area (Å²) < 4.78 is 0. The first-order valence-corrected chi connectivity index (χ1v) is 11.4. The van der Waals surface area contributed by atoms with Gasteiger partial charge in [0.05, 0.1) is 5.39 Å². The Hall–Kier alpha value is -1.24. The van der Waals surface area contributed by atoms with Gasteiger partial charge >= 0.3 is 0 Å². The van der Waals surface area contributed by atoms with Crippen LogP contribution in [-0.4, -0.2) is 71.6 Å². The first-order valence-electron chi connectivity index (χ1n) is 10.5. The molecule has 1 atom stereocenters. The Kier molecular flexibility index (Phi) is 5.67. The highest BCUT2D eigenvalue weighted by Gasteiger charge is 2.31. The van der Waals surface area contributed by atoms with E-state index in [1.54, 1.807) is 11.3 Å². The molecule has 0 saturated carbocycles. The topological polar surface area (TPSA) is 35.5 Å². The molecular weight excluding hydrogens is 354 g/mol. The number of hydrogen-bond donors (Lipinski definition) is 0. The third kappa shape index (κ3) is 3.98. The first kappa shape index (κ1) is 19.1. The third-order valence-corrected chi connectivity index (χ3v) is 6.99. The predicted octanol–water partition coefficient (Wildman–Crippen LogP) is 3.41. The predicted molar refractivity (Wildman–Crippen MR) is 115 cm³/mol. The van der Waals surface area contributed by atoms with E-state index < -0.39 is 0 Å². The van der Waals surface area contributed by atoms with Crippen molar-refractivity contribution in [2.24, 2.45) is 5.92 Å². The second-order valence-corrected chi connectivity index (χ2v) is 9.35. The molecule has 148 valence electrons. The molecule has 5 nitrogen and oxygen atoms in total.